The van der Waals surface area contributed by atoms with E-state index < -0.39 is 22.3 Å². The van der Waals surface area contributed by atoms with Gasteiger partial charge in [0, 0.05) is 12.6 Å². The van der Waals surface area contributed by atoms with Gasteiger partial charge in [0.1, 0.15) is 0 Å². The minimum atomic E-state index is -3.79. The van der Waals surface area contributed by atoms with E-state index in [1.807, 2.05) is 0 Å². The lowest BCUT2D eigenvalue weighted by molar-refractivity contribution is 0.164. The third kappa shape index (κ3) is 9.56. The second kappa shape index (κ2) is 12.9. The molecule has 0 aliphatic carbocycles. The summed E-state index contributed by atoms with van der Waals surface area (Å²) in [6.07, 6.45) is 2.07. The van der Waals surface area contributed by atoms with Crippen LogP contribution in [0.5, 0.6) is 0 Å². The third-order valence-corrected chi connectivity index (χ3v) is 5.24. The van der Waals surface area contributed by atoms with Crippen molar-refractivity contribution in [3.63, 3.8) is 0 Å². The highest BCUT2D eigenvalue weighted by molar-refractivity contribution is 7.86. The maximum atomic E-state index is 12.1. The standard InChI is InChI=1S/C18H28N2O7S/c1-25-17(21)19-13-7-6-9-15(20-18(22)26-2)10-8-14-27-28(23,24)16-11-4-3-5-12-16/h3-5,11-12,15H,6-10,13-14H2,1-2H3,(H,19,21)(H,20,22). The van der Waals surface area contributed by atoms with E-state index >= 15 is 0 Å². The molecular formula is C18H28N2O7S. The molecule has 0 aromatic heterocycles. The van der Waals surface area contributed by atoms with Crippen LogP contribution in [-0.4, -0.2) is 54.0 Å². The number of rotatable bonds is 12. The molecule has 10 heteroatoms. The van der Waals surface area contributed by atoms with Gasteiger partial charge in [0.25, 0.3) is 10.1 Å². The molecule has 0 heterocycles. The number of carbonyl (C=O) groups excluding carboxylic acids is 2. The quantitative estimate of drug-likeness (QED) is 0.396. The summed E-state index contributed by atoms with van der Waals surface area (Å²) in [5, 5.41) is 5.31. The summed E-state index contributed by atoms with van der Waals surface area (Å²) in [5.41, 5.74) is 0. The van der Waals surface area contributed by atoms with Gasteiger partial charge in [0.05, 0.1) is 25.7 Å². The number of unbranched alkanes of at least 4 members (excludes halogenated alkanes) is 1. The van der Waals surface area contributed by atoms with Crippen LogP contribution < -0.4 is 10.6 Å². The van der Waals surface area contributed by atoms with Crippen LogP contribution in [0.2, 0.25) is 0 Å². The van der Waals surface area contributed by atoms with Gasteiger partial charge in [-0.2, -0.15) is 8.42 Å². The predicted molar refractivity (Wildman–Crippen MR) is 102 cm³/mol. The zero-order valence-electron chi connectivity index (χ0n) is 16.2. The average Bonchev–Trinajstić information content (AvgIpc) is 2.70. The summed E-state index contributed by atoms with van der Waals surface area (Å²) in [6, 6.07) is 7.73. The Hall–Kier alpha value is -2.33. The molecule has 0 aliphatic rings. The highest BCUT2D eigenvalue weighted by atomic mass is 32.2. The third-order valence-electron chi connectivity index (χ3n) is 3.91. The van der Waals surface area contributed by atoms with E-state index in [9.17, 15) is 18.0 Å². The first kappa shape index (κ1) is 23.7. The number of carbonyl (C=O) groups is 2. The van der Waals surface area contributed by atoms with Crippen LogP contribution in [0, 0.1) is 0 Å². The molecule has 0 saturated carbocycles. The van der Waals surface area contributed by atoms with Gasteiger partial charge in [-0.15, -0.1) is 0 Å². The van der Waals surface area contributed by atoms with Crippen molar-refractivity contribution in [3.8, 4) is 0 Å². The van der Waals surface area contributed by atoms with E-state index in [1.54, 1.807) is 18.2 Å². The van der Waals surface area contributed by atoms with Gasteiger partial charge in [-0.3, -0.25) is 4.18 Å². The lowest BCUT2D eigenvalue weighted by Crippen LogP contribution is -2.35. The van der Waals surface area contributed by atoms with Crippen LogP contribution in [-0.2, 0) is 23.8 Å². The Labute approximate surface area is 165 Å². The Morgan fingerprint density at radius 3 is 2.25 bits per heavy atom. The molecule has 0 fully saturated rings. The maximum Gasteiger partial charge on any atom is 0.407 e. The fourth-order valence-electron chi connectivity index (χ4n) is 2.45. The first-order chi connectivity index (χ1) is 13.4. The van der Waals surface area contributed by atoms with Crippen molar-refractivity contribution in [2.24, 2.45) is 0 Å². The van der Waals surface area contributed by atoms with Gasteiger partial charge in [-0.1, -0.05) is 18.2 Å². The lowest BCUT2D eigenvalue weighted by atomic mass is 10.0. The van der Waals surface area contributed by atoms with Crippen molar-refractivity contribution in [1.29, 1.82) is 0 Å². The molecular weight excluding hydrogens is 388 g/mol. The summed E-state index contributed by atoms with van der Waals surface area (Å²) < 4.78 is 38.3. The number of nitrogens with one attached hydrogen (secondary N) is 2. The molecule has 28 heavy (non-hydrogen) atoms. The zero-order chi connectivity index (χ0) is 20.8. The van der Waals surface area contributed by atoms with Gasteiger partial charge in [0.15, 0.2) is 0 Å². The molecule has 0 spiro atoms. The largest absolute Gasteiger partial charge is 0.453 e. The van der Waals surface area contributed by atoms with E-state index in [-0.39, 0.29) is 17.5 Å². The Morgan fingerprint density at radius 2 is 1.61 bits per heavy atom. The molecule has 1 atom stereocenters. The SMILES string of the molecule is COC(=O)NCCCCC(CCCOS(=O)(=O)c1ccccc1)NC(=O)OC. The molecule has 1 rings (SSSR count). The predicted octanol–water partition coefficient (Wildman–Crippen LogP) is 2.42. The fraction of sp³-hybridized carbons (Fsp3) is 0.556. The van der Waals surface area contributed by atoms with E-state index in [1.165, 1.54) is 26.4 Å². The van der Waals surface area contributed by atoms with Gasteiger partial charge < -0.3 is 20.1 Å². The van der Waals surface area contributed by atoms with Crippen LogP contribution in [0.4, 0.5) is 9.59 Å². The lowest BCUT2D eigenvalue weighted by Gasteiger charge is -2.18. The van der Waals surface area contributed by atoms with Crippen LogP contribution in [0.3, 0.4) is 0 Å². The smallest absolute Gasteiger partial charge is 0.407 e. The molecule has 9 nitrogen and oxygen atoms in total. The summed E-state index contributed by atoms with van der Waals surface area (Å²) in [5.74, 6) is 0. The molecule has 1 aromatic carbocycles. The van der Waals surface area contributed by atoms with Crippen molar-refractivity contribution in [3.05, 3.63) is 30.3 Å². The Balaban J connectivity index is 2.38. The van der Waals surface area contributed by atoms with Crippen LogP contribution in [0.15, 0.2) is 35.2 Å². The van der Waals surface area contributed by atoms with Gasteiger partial charge in [-0.25, -0.2) is 9.59 Å². The highest BCUT2D eigenvalue weighted by Gasteiger charge is 2.16. The van der Waals surface area contributed by atoms with Crippen molar-refractivity contribution in [1.82, 2.24) is 10.6 Å². The van der Waals surface area contributed by atoms with Crippen molar-refractivity contribution >= 4 is 22.3 Å². The van der Waals surface area contributed by atoms with E-state index in [2.05, 4.69) is 20.1 Å². The molecule has 0 aliphatic heterocycles. The van der Waals surface area contributed by atoms with Gasteiger partial charge in [-0.05, 0) is 44.2 Å². The van der Waals surface area contributed by atoms with Crippen LogP contribution in [0.1, 0.15) is 32.1 Å². The number of hydrogen-bond acceptors (Lipinski definition) is 7. The molecule has 1 aromatic rings. The topological polar surface area (TPSA) is 120 Å². The fourth-order valence-corrected chi connectivity index (χ4v) is 3.41. The first-order valence-corrected chi connectivity index (χ1v) is 10.4. The average molecular weight is 416 g/mol. The van der Waals surface area contributed by atoms with Crippen molar-refractivity contribution < 1.29 is 31.7 Å². The number of methoxy groups -OCH3 is 2. The molecule has 158 valence electrons. The van der Waals surface area contributed by atoms with E-state index in [0.717, 1.165) is 6.42 Å². The number of benzene rings is 1. The first-order valence-electron chi connectivity index (χ1n) is 9.00. The normalized spacial score (nSPS) is 12.1. The van der Waals surface area contributed by atoms with Crippen LogP contribution >= 0.6 is 0 Å². The molecule has 2 N–H and O–H groups in total. The molecule has 2 amide bonds. The molecule has 1 unspecified atom stereocenters. The minimum absolute atomic E-state index is 0.0144. The monoisotopic (exact) mass is 416 g/mol. The van der Waals surface area contributed by atoms with Gasteiger partial charge >= 0.3 is 12.2 Å². The minimum Gasteiger partial charge on any atom is -0.453 e. The van der Waals surface area contributed by atoms with Crippen LogP contribution in [0.25, 0.3) is 0 Å². The number of hydrogen-bond donors (Lipinski definition) is 2. The summed E-state index contributed by atoms with van der Waals surface area (Å²) in [6.45, 7) is 0.483. The second-order valence-electron chi connectivity index (χ2n) is 5.98. The van der Waals surface area contributed by atoms with E-state index in [4.69, 9.17) is 4.18 Å². The molecule has 0 saturated heterocycles. The van der Waals surface area contributed by atoms with Crippen molar-refractivity contribution in [2.75, 3.05) is 27.4 Å². The zero-order valence-corrected chi connectivity index (χ0v) is 17.0. The molecule has 0 bridgehead atoms. The number of ether oxygens (including phenoxy) is 2. The highest BCUT2D eigenvalue weighted by Crippen LogP contribution is 2.13. The van der Waals surface area contributed by atoms with E-state index in [0.29, 0.717) is 32.2 Å². The second-order valence-corrected chi connectivity index (χ2v) is 7.59. The summed E-state index contributed by atoms with van der Waals surface area (Å²) in [7, 11) is -1.21. The Morgan fingerprint density at radius 1 is 0.964 bits per heavy atom. The number of alkyl carbamates (subject to hydrolysis) is 2. The Kier molecular flexibility index (Phi) is 11.0. The van der Waals surface area contributed by atoms with Gasteiger partial charge in [0.2, 0.25) is 0 Å². The molecule has 0 radical (unpaired) electrons. The number of amides is 2. The Bertz CT molecular complexity index is 695. The maximum absolute atomic E-state index is 12.1. The summed E-state index contributed by atoms with van der Waals surface area (Å²) >= 11 is 0. The van der Waals surface area contributed by atoms with Crippen molar-refractivity contribution in [2.45, 2.75) is 43.0 Å². The summed E-state index contributed by atoms with van der Waals surface area (Å²) in [4.78, 5) is 22.6.